The summed E-state index contributed by atoms with van der Waals surface area (Å²) in [7, 11) is 0. The van der Waals surface area contributed by atoms with Crippen molar-refractivity contribution in [3.8, 4) is 0 Å². The molecule has 2 atom stereocenters. The van der Waals surface area contributed by atoms with Crippen LogP contribution in [0.2, 0.25) is 0 Å². The van der Waals surface area contributed by atoms with Gasteiger partial charge in [-0.05, 0) is 39.0 Å². The zero-order chi connectivity index (χ0) is 15.9. The monoisotopic (exact) mass is 321 g/mol. The van der Waals surface area contributed by atoms with Crippen LogP contribution >= 0.6 is 11.3 Å². The lowest BCUT2D eigenvalue weighted by Crippen LogP contribution is -2.33. The molecule has 2 unspecified atom stereocenters. The van der Waals surface area contributed by atoms with Crippen LogP contribution in [0.4, 0.5) is 5.13 Å². The zero-order valence-electron chi connectivity index (χ0n) is 13.4. The molecule has 1 aromatic heterocycles. The molecule has 22 heavy (non-hydrogen) atoms. The Kier molecular flexibility index (Phi) is 4.21. The van der Waals surface area contributed by atoms with Gasteiger partial charge in [-0.2, -0.15) is 0 Å². The lowest BCUT2D eigenvalue weighted by Gasteiger charge is -2.20. The van der Waals surface area contributed by atoms with Gasteiger partial charge in [-0.25, -0.2) is 4.98 Å². The second-order valence-corrected chi connectivity index (χ2v) is 7.85. The number of hydrogen-bond donors (Lipinski definition) is 1. The smallest absolute Gasteiger partial charge is 0.231 e. The summed E-state index contributed by atoms with van der Waals surface area (Å²) in [6.07, 6.45) is 3.55. The SMILES string of the molecule is CC1CCc2nc(NC(=O)C3CC(=O)N(C(C)C)C3)sc2C1. The van der Waals surface area contributed by atoms with E-state index in [4.69, 9.17) is 0 Å². The number of nitrogens with zero attached hydrogens (tertiary/aromatic N) is 2. The van der Waals surface area contributed by atoms with E-state index in [0.29, 0.717) is 24.0 Å². The van der Waals surface area contributed by atoms with Crippen molar-refractivity contribution in [1.82, 2.24) is 9.88 Å². The van der Waals surface area contributed by atoms with Gasteiger partial charge in [0.05, 0.1) is 11.6 Å². The topological polar surface area (TPSA) is 62.3 Å². The van der Waals surface area contributed by atoms with Gasteiger partial charge in [0.2, 0.25) is 11.8 Å². The van der Waals surface area contributed by atoms with Crippen LogP contribution in [0.3, 0.4) is 0 Å². The fourth-order valence-corrected chi connectivity index (χ4v) is 4.38. The number of aryl methyl sites for hydroxylation is 1. The summed E-state index contributed by atoms with van der Waals surface area (Å²) >= 11 is 1.59. The number of amides is 2. The fourth-order valence-electron chi connectivity index (χ4n) is 3.21. The van der Waals surface area contributed by atoms with E-state index in [1.54, 1.807) is 16.2 Å². The first-order valence-corrected chi connectivity index (χ1v) is 8.84. The highest BCUT2D eigenvalue weighted by molar-refractivity contribution is 7.15. The predicted octanol–water partition coefficient (Wildman–Crippen LogP) is 2.46. The van der Waals surface area contributed by atoms with Crippen LogP contribution < -0.4 is 5.32 Å². The second kappa shape index (κ2) is 5.99. The Morgan fingerprint density at radius 2 is 2.18 bits per heavy atom. The summed E-state index contributed by atoms with van der Waals surface area (Å²) in [5.74, 6) is 0.441. The van der Waals surface area contributed by atoms with Crippen LogP contribution in [0.1, 0.15) is 44.2 Å². The molecule has 1 aliphatic carbocycles. The number of aromatic nitrogens is 1. The molecule has 0 bridgehead atoms. The summed E-state index contributed by atoms with van der Waals surface area (Å²) in [6, 6.07) is 0.152. The summed E-state index contributed by atoms with van der Waals surface area (Å²) in [5, 5.41) is 3.62. The molecule has 0 saturated carbocycles. The van der Waals surface area contributed by atoms with Gasteiger partial charge in [-0.3, -0.25) is 9.59 Å². The molecule has 6 heteroatoms. The first kappa shape index (κ1) is 15.5. The Labute approximate surface area is 135 Å². The molecule has 1 fully saturated rings. The molecule has 1 aliphatic heterocycles. The number of likely N-dealkylation sites (tertiary alicyclic amines) is 1. The molecule has 0 aromatic carbocycles. The Morgan fingerprint density at radius 1 is 1.41 bits per heavy atom. The zero-order valence-corrected chi connectivity index (χ0v) is 14.2. The van der Waals surface area contributed by atoms with Gasteiger partial charge in [-0.1, -0.05) is 6.92 Å². The lowest BCUT2D eigenvalue weighted by atomic mass is 9.93. The number of carbonyl (C=O) groups is 2. The minimum absolute atomic E-state index is 0.0717. The van der Waals surface area contributed by atoms with Gasteiger partial charge < -0.3 is 10.2 Å². The highest BCUT2D eigenvalue weighted by atomic mass is 32.1. The molecule has 2 heterocycles. The molecule has 0 spiro atoms. The van der Waals surface area contributed by atoms with E-state index in [2.05, 4.69) is 17.2 Å². The lowest BCUT2D eigenvalue weighted by molar-refractivity contribution is -0.129. The number of anilines is 1. The number of rotatable bonds is 3. The molecule has 3 rings (SSSR count). The van der Waals surface area contributed by atoms with E-state index in [1.165, 1.54) is 11.3 Å². The Morgan fingerprint density at radius 3 is 2.86 bits per heavy atom. The van der Waals surface area contributed by atoms with Crippen molar-refractivity contribution < 1.29 is 9.59 Å². The maximum Gasteiger partial charge on any atom is 0.231 e. The van der Waals surface area contributed by atoms with Gasteiger partial charge in [0.15, 0.2) is 5.13 Å². The second-order valence-electron chi connectivity index (χ2n) is 6.77. The molecule has 1 N–H and O–H groups in total. The minimum Gasteiger partial charge on any atom is -0.339 e. The van der Waals surface area contributed by atoms with E-state index < -0.39 is 0 Å². The van der Waals surface area contributed by atoms with Gasteiger partial charge in [0.25, 0.3) is 0 Å². The standard InChI is InChI=1S/C16H23N3O2S/c1-9(2)19-8-11(7-14(19)20)15(21)18-16-17-12-5-4-10(3)6-13(12)22-16/h9-11H,4-8H2,1-3H3,(H,17,18,21). The van der Waals surface area contributed by atoms with E-state index in [0.717, 1.165) is 18.5 Å². The molecule has 0 radical (unpaired) electrons. The number of carbonyl (C=O) groups excluding carboxylic acids is 2. The van der Waals surface area contributed by atoms with Gasteiger partial charge in [-0.15, -0.1) is 11.3 Å². The van der Waals surface area contributed by atoms with E-state index >= 15 is 0 Å². The number of thiazole rings is 1. The van der Waals surface area contributed by atoms with Crippen molar-refractivity contribution in [2.24, 2.45) is 11.8 Å². The minimum atomic E-state index is -0.255. The quantitative estimate of drug-likeness (QED) is 0.930. The maximum atomic E-state index is 12.4. The van der Waals surface area contributed by atoms with Gasteiger partial charge >= 0.3 is 0 Å². The highest BCUT2D eigenvalue weighted by Gasteiger charge is 2.35. The maximum absolute atomic E-state index is 12.4. The molecule has 1 aromatic rings. The first-order chi connectivity index (χ1) is 10.4. The van der Waals surface area contributed by atoms with E-state index in [-0.39, 0.29) is 23.8 Å². The highest BCUT2D eigenvalue weighted by Crippen LogP contribution is 2.32. The third-order valence-electron chi connectivity index (χ3n) is 4.57. The number of nitrogens with one attached hydrogen (secondary N) is 1. The Balaban J connectivity index is 1.64. The average molecular weight is 321 g/mol. The molecule has 120 valence electrons. The summed E-state index contributed by atoms with van der Waals surface area (Å²) in [6.45, 7) is 6.73. The normalized spacial score (nSPS) is 24.7. The summed E-state index contributed by atoms with van der Waals surface area (Å²) < 4.78 is 0. The molecule has 1 saturated heterocycles. The number of hydrogen-bond acceptors (Lipinski definition) is 4. The Hall–Kier alpha value is -1.43. The van der Waals surface area contributed by atoms with E-state index in [9.17, 15) is 9.59 Å². The van der Waals surface area contributed by atoms with Crippen molar-refractivity contribution in [3.63, 3.8) is 0 Å². The molecule has 5 nitrogen and oxygen atoms in total. The van der Waals surface area contributed by atoms with Gasteiger partial charge in [0, 0.05) is 23.9 Å². The van der Waals surface area contributed by atoms with Crippen molar-refractivity contribution >= 4 is 28.3 Å². The van der Waals surface area contributed by atoms with Crippen molar-refractivity contribution in [3.05, 3.63) is 10.6 Å². The van der Waals surface area contributed by atoms with Crippen molar-refractivity contribution in [2.45, 2.75) is 52.5 Å². The van der Waals surface area contributed by atoms with Crippen LogP contribution in [-0.4, -0.2) is 34.3 Å². The number of fused-ring (bicyclic) bond motifs is 1. The van der Waals surface area contributed by atoms with Crippen LogP contribution in [0, 0.1) is 11.8 Å². The third kappa shape index (κ3) is 3.02. The van der Waals surface area contributed by atoms with Gasteiger partial charge in [0.1, 0.15) is 0 Å². The summed E-state index contributed by atoms with van der Waals surface area (Å²) in [4.78, 5) is 31.9. The summed E-state index contributed by atoms with van der Waals surface area (Å²) in [5.41, 5.74) is 1.14. The Bertz CT molecular complexity index is 596. The predicted molar refractivity (Wildman–Crippen MR) is 86.9 cm³/mol. The third-order valence-corrected chi connectivity index (χ3v) is 5.60. The van der Waals surface area contributed by atoms with Crippen molar-refractivity contribution in [1.29, 1.82) is 0 Å². The van der Waals surface area contributed by atoms with Crippen LogP contribution in [0.5, 0.6) is 0 Å². The van der Waals surface area contributed by atoms with Crippen LogP contribution in [-0.2, 0) is 22.4 Å². The largest absolute Gasteiger partial charge is 0.339 e. The van der Waals surface area contributed by atoms with Crippen LogP contribution in [0.25, 0.3) is 0 Å². The van der Waals surface area contributed by atoms with Crippen LogP contribution in [0.15, 0.2) is 0 Å². The fraction of sp³-hybridized carbons (Fsp3) is 0.688. The molecule has 2 amide bonds. The average Bonchev–Trinajstić information content (AvgIpc) is 3.01. The first-order valence-electron chi connectivity index (χ1n) is 8.03. The van der Waals surface area contributed by atoms with E-state index in [1.807, 2.05) is 13.8 Å². The van der Waals surface area contributed by atoms with Crippen molar-refractivity contribution in [2.75, 3.05) is 11.9 Å². The molecular weight excluding hydrogens is 298 g/mol. The molecular formula is C16H23N3O2S. The molecule has 2 aliphatic rings.